The lowest BCUT2D eigenvalue weighted by Crippen LogP contribution is -2.24. The highest BCUT2D eigenvalue weighted by atomic mass is 35.5. The van der Waals surface area contributed by atoms with Crippen LogP contribution in [0.3, 0.4) is 0 Å². The molecule has 0 radical (unpaired) electrons. The van der Waals surface area contributed by atoms with Crippen LogP contribution in [0.4, 0.5) is 5.95 Å². The minimum Gasteiger partial charge on any atom is -0.341 e. The molecule has 80 valence electrons. The standard InChI is InChI=1S/C9H10Cl2N4/c1-3-15(4-2)9-13-7(10)6(5-12)8(11)14-9/h3-4H2,1-2H3. The normalized spacial score (nSPS) is 9.80. The molecule has 0 bridgehead atoms. The van der Waals surface area contributed by atoms with Crippen molar-refractivity contribution in [1.29, 1.82) is 5.26 Å². The molecule has 0 aromatic carbocycles. The topological polar surface area (TPSA) is 52.8 Å². The first-order chi connectivity index (χ1) is 7.13. The average molecular weight is 245 g/mol. The van der Waals surface area contributed by atoms with Gasteiger partial charge < -0.3 is 4.90 Å². The SMILES string of the molecule is CCN(CC)c1nc(Cl)c(C#N)c(Cl)n1. The molecule has 0 aliphatic carbocycles. The molecule has 0 unspecified atom stereocenters. The van der Waals surface area contributed by atoms with Crippen LogP contribution in [-0.2, 0) is 0 Å². The second-order valence-corrected chi connectivity index (χ2v) is 3.48. The van der Waals surface area contributed by atoms with E-state index in [0.29, 0.717) is 5.95 Å². The van der Waals surface area contributed by atoms with Crippen molar-refractivity contribution >= 4 is 29.2 Å². The van der Waals surface area contributed by atoms with Crippen LogP contribution in [-0.4, -0.2) is 23.1 Å². The van der Waals surface area contributed by atoms with Gasteiger partial charge in [0, 0.05) is 13.1 Å². The van der Waals surface area contributed by atoms with E-state index in [-0.39, 0.29) is 15.9 Å². The number of hydrogen-bond acceptors (Lipinski definition) is 4. The number of nitrogens with zero attached hydrogens (tertiary/aromatic N) is 4. The van der Waals surface area contributed by atoms with Crippen LogP contribution >= 0.6 is 23.2 Å². The summed E-state index contributed by atoms with van der Waals surface area (Å²) in [6.45, 7) is 5.48. The average Bonchev–Trinajstić information content (AvgIpc) is 2.19. The molecule has 0 saturated carbocycles. The zero-order chi connectivity index (χ0) is 11.4. The lowest BCUT2D eigenvalue weighted by atomic mass is 10.4. The second kappa shape index (κ2) is 5.15. The molecule has 0 spiro atoms. The van der Waals surface area contributed by atoms with Crippen LogP contribution in [0.15, 0.2) is 0 Å². The van der Waals surface area contributed by atoms with Gasteiger partial charge in [0.05, 0.1) is 0 Å². The van der Waals surface area contributed by atoms with E-state index in [2.05, 4.69) is 9.97 Å². The number of rotatable bonds is 3. The first-order valence-electron chi connectivity index (χ1n) is 4.52. The van der Waals surface area contributed by atoms with Crippen molar-refractivity contribution < 1.29 is 0 Å². The molecular weight excluding hydrogens is 235 g/mol. The van der Waals surface area contributed by atoms with Gasteiger partial charge in [0.25, 0.3) is 0 Å². The van der Waals surface area contributed by atoms with Gasteiger partial charge in [0.1, 0.15) is 11.6 Å². The van der Waals surface area contributed by atoms with E-state index >= 15 is 0 Å². The number of anilines is 1. The predicted molar refractivity (Wildman–Crippen MR) is 60.3 cm³/mol. The first kappa shape index (κ1) is 12.0. The highest BCUT2D eigenvalue weighted by molar-refractivity contribution is 6.35. The van der Waals surface area contributed by atoms with Gasteiger partial charge in [-0.3, -0.25) is 0 Å². The predicted octanol–water partition coefficient (Wildman–Crippen LogP) is 2.50. The summed E-state index contributed by atoms with van der Waals surface area (Å²) in [7, 11) is 0. The van der Waals surface area contributed by atoms with Gasteiger partial charge in [-0.05, 0) is 13.8 Å². The Morgan fingerprint density at radius 2 is 1.67 bits per heavy atom. The molecule has 1 rings (SSSR count). The summed E-state index contributed by atoms with van der Waals surface area (Å²) in [5.41, 5.74) is 0.120. The summed E-state index contributed by atoms with van der Waals surface area (Å²) >= 11 is 11.6. The van der Waals surface area contributed by atoms with E-state index in [1.165, 1.54) is 0 Å². The number of halogens is 2. The molecule has 0 aliphatic heterocycles. The van der Waals surface area contributed by atoms with Crippen LogP contribution in [0.2, 0.25) is 10.3 Å². The zero-order valence-corrected chi connectivity index (χ0v) is 9.97. The molecule has 0 amide bonds. The number of aromatic nitrogens is 2. The smallest absolute Gasteiger partial charge is 0.228 e. The molecule has 0 N–H and O–H groups in total. The molecular formula is C9H10Cl2N4. The van der Waals surface area contributed by atoms with E-state index in [9.17, 15) is 0 Å². The van der Waals surface area contributed by atoms with Crippen LogP contribution in [0.25, 0.3) is 0 Å². The Balaban J connectivity index is 3.20. The van der Waals surface area contributed by atoms with Crippen LogP contribution in [0.1, 0.15) is 19.4 Å². The van der Waals surface area contributed by atoms with Gasteiger partial charge in [-0.1, -0.05) is 23.2 Å². The minimum atomic E-state index is 0.0967. The number of hydrogen-bond donors (Lipinski definition) is 0. The van der Waals surface area contributed by atoms with E-state index in [4.69, 9.17) is 28.5 Å². The fourth-order valence-corrected chi connectivity index (χ4v) is 1.60. The number of nitriles is 1. The Hall–Kier alpha value is -1.05. The van der Waals surface area contributed by atoms with Crippen molar-refractivity contribution in [2.45, 2.75) is 13.8 Å². The molecule has 1 aromatic rings. The Morgan fingerprint density at radius 3 is 2.00 bits per heavy atom. The molecule has 6 heteroatoms. The van der Waals surface area contributed by atoms with Crippen molar-refractivity contribution in [2.24, 2.45) is 0 Å². The summed E-state index contributed by atoms with van der Waals surface area (Å²) < 4.78 is 0. The molecule has 1 aromatic heterocycles. The highest BCUT2D eigenvalue weighted by Gasteiger charge is 2.13. The maximum Gasteiger partial charge on any atom is 0.228 e. The van der Waals surface area contributed by atoms with Gasteiger partial charge in [-0.2, -0.15) is 15.2 Å². The Labute approximate surface area is 98.5 Å². The van der Waals surface area contributed by atoms with E-state index in [1.54, 1.807) is 0 Å². The monoisotopic (exact) mass is 244 g/mol. The van der Waals surface area contributed by atoms with Crippen molar-refractivity contribution in [3.8, 4) is 6.07 Å². The van der Waals surface area contributed by atoms with Crippen LogP contribution < -0.4 is 4.90 Å². The van der Waals surface area contributed by atoms with E-state index in [1.807, 2.05) is 24.8 Å². The summed E-state index contributed by atoms with van der Waals surface area (Å²) in [6, 6.07) is 1.86. The molecule has 1 heterocycles. The second-order valence-electron chi connectivity index (χ2n) is 2.76. The fraction of sp³-hybridized carbons (Fsp3) is 0.444. The lowest BCUT2D eigenvalue weighted by molar-refractivity contribution is 0.820. The van der Waals surface area contributed by atoms with Crippen molar-refractivity contribution in [1.82, 2.24) is 9.97 Å². The highest BCUT2D eigenvalue weighted by Crippen LogP contribution is 2.23. The maximum atomic E-state index is 8.73. The van der Waals surface area contributed by atoms with Crippen molar-refractivity contribution in [2.75, 3.05) is 18.0 Å². The Bertz CT molecular complexity index is 373. The van der Waals surface area contributed by atoms with Gasteiger partial charge >= 0.3 is 0 Å². The quantitative estimate of drug-likeness (QED) is 0.767. The molecule has 0 aliphatic rings. The molecule has 0 atom stereocenters. The van der Waals surface area contributed by atoms with Crippen molar-refractivity contribution in [3.05, 3.63) is 15.9 Å². The lowest BCUT2D eigenvalue weighted by Gasteiger charge is -2.18. The van der Waals surface area contributed by atoms with Gasteiger partial charge in [-0.25, -0.2) is 0 Å². The van der Waals surface area contributed by atoms with Crippen LogP contribution in [0, 0.1) is 11.3 Å². The fourth-order valence-electron chi connectivity index (χ4n) is 1.14. The third kappa shape index (κ3) is 2.49. The van der Waals surface area contributed by atoms with Gasteiger partial charge in [-0.15, -0.1) is 0 Å². The van der Waals surface area contributed by atoms with E-state index in [0.717, 1.165) is 13.1 Å². The molecule has 15 heavy (non-hydrogen) atoms. The third-order valence-electron chi connectivity index (χ3n) is 1.97. The molecule has 0 saturated heterocycles. The summed E-state index contributed by atoms with van der Waals surface area (Å²) in [4.78, 5) is 9.94. The summed E-state index contributed by atoms with van der Waals surface area (Å²) in [6.07, 6.45) is 0. The maximum absolute atomic E-state index is 8.73. The third-order valence-corrected chi connectivity index (χ3v) is 2.51. The van der Waals surface area contributed by atoms with Crippen LogP contribution in [0.5, 0.6) is 0 Å². The Kier molecular flexibility index (Phi) is 4.13. The van der Waals surface area contributed by atoms with E-state index < -0.39 is 0 Å². The van der Waals surface area contributed by atoms with Gasteiger partial charge in [0.2, 0.25) is 5.95 Å². The molecule has 0 fully saturated rings. The minimum absolute atomic E-state index is 0.0967. The summed E-state index contributed by atoms with van der Waals surface area (Å²) in [5, 5.41) is 8.92. The summed E-state index contributed by atoms with van der Waals surface area (Å²) in [5.74, 6) is 0.453. The zero-order valence-electron chi connectivity index (χ0n) is 8.46. The Morgan fingerprint density at radius 1 is 1.20 bits per heavy atom. The molecule has 4 nitrogen and oxygen atoms in total. The largest absolute Gasteiger partial charge is 0.341 e. The first-order valence-corrected chi connectivity index (χ1v) is 5.27. The van der Waals surface area contributed by atoms with Crippen molar-refractivity contribution in [3.63, 3.8) is 0 Å². The van der Waals surface area contributed by atoms with Gasteiger partial charge in [0.15, 0.2) is 10.3 Å².